The fourth-order valence-electron chi connectivity index (χ4n) is 5.14. The molecule has 1 N–H and O–H groups in total. The number of nitrogens with one attached hydrogen (secondary N) is 1. The largest absolute Gasteiger partial charge is 0.493 e. The van der Waals surface area contributed by atoms with Crippen LogP contribution in [0.25, 0.3) is 0 Å². The molecule has 4 rings (SSSR count). The minimum absolute atomic E-state index is 0.0148. The smallest absolute Gasteiger partial charge is 0.197 e. The standard InChI is InChI=1S/C29H37FN2O4S2/c1-8-34-22-14-18-15-32(27(31)23(18)24(30)26(22)35-9-2)16-21(33)17-12-19(28(3,4)5)25-20(13-17)29(37-6,38-7)10-11-36-25/h12-14,31H,8-11,15-16H2,1-7H3. The third-order valence-corrected chi connectivity index (χ3v) is 10.2. The van der Waals surface area contributed by atoms with Crippen molar-refractivity contribution < 1.29 is 23.4 Å². The van der Waals surface area contributed by atoms with Crippen LogP contribution in [0.4, 0.5) is 4.39 Å². The molecule has 2 aliphatic heterocycles. The van der Waals surface area contributed by atoms with E-state index in [4.69, 9.17) is 19.6 Å². The van der Waals surface area contributed by atoms with Gasteiger partial charge in [0.2, 0.25) is 0 Å². The quantitative estimate of drug-likeness (QED) is 0.273. The summed E-state index contributed by atoms with van der Waals surface area (Å²) >= 11 is 3.55. The second-order valence-electron chi connectivity index (χ2n) is 10.5. The van der Waals surface area contributed by atoms with Crippen LogP contribution < -0.4 is 14.2 Å². The van der Waals surface area contributed by atoms with Crippen molar-refractivity contribution in [1.82, 2.24) is 4.90 Å². The zero-order valence-electron chi connectivity index (χ0n) is 23.2. The molecule has 2 aromatic rings. The van der Waals surface area contributed by atoms with Crippen LogP contribution in [0.3, 0.4) is 0 Å². The molecule has 0 aromatic heterocycles. The van der Waals surface area contributed by atoms with Crippen molar-refractivity contribution in [2.45, 2.75) is 57.1 Å². The van der Waals surface area contributed by atoms with Crippen LogP contribution in [0.5, 0.6) is 17.2 Å². The number of amidine groups is 1. The molecule has 0 fully saturated rings. The van der Waals surface area contributed by atoms with E-state index in [0.717, 1.165) is 23.3 Å². The monoisotopic (exact) mass is 560 g/mol. The number of carbonyl (C=O) groups is 1. The minimum Gasteiger partial charge on any atom is -0.493 e. The van der Waals surface area contributed by atoms with E-state index >= 15 is 4.39 Å². The molecule has 0 radical (unpaired) electrons. The highest BCUT2D eigenvalue weighted by atomic mass is 32.2. The molecular weight excluding hydrogens is 523 g/mol. The number of hydrogen-bond donors (Lipinski definition) is 1. The summed E-state index contributed by atoms with van der Waals surface area (Å²) in [6.45, 7) is 11.5. The predicted octanol–water partition coefficient (Wildman–Crippen LogP) is 6.61. The summed E-state index contributed by atoms with van der Waals surface area (Å²) in [6.07, 6.45) is 5.04. The number of nitrogens with zero attached hydrogens (tertiary/aromatic N) is 1. The number of rotatable bonds is 9. The molecule has 2 aliphatic rings. The SMILES string of the molecule is CCOc1cc2c(c(F)c1OCC)C(=N)N(CC(=O)c1cc(C(C)(C)C)c3c(c1)C(SC)(SC)CCO3)C2. The topological polar surface area (TPSA) is 71.9 Å². The molecule has 0 bridgehead atoms. The maximum atomic E-state index is 15.5. The van der Waals surface area contributed by atoms with Crippen LogP contribution in [0.2, 0.25) is 0 Å². The fraction of sp³-hybridized carbons (Fsp3) is 0.517. The van der Waals surface area contributed by atoms with Gasteiger partial charge in [0.1, 0.15) is 11.6 Å². The van der Waals surface area contributed by atoms with Gasteiger partial charge in [-0.05, 0) is 55.5 Å². The van der Waals surface area contributed by atoms with Crippen LogP contribution >= 0.6 is 23.5 Å². The summed E-state index contributed by atoms with van der Waals surface area (Å²) in [5.74, 6) is 0.461. The Morgan fingerprint density at radius 3 is 2.45 bits per heavy atom. The third-order valence-electron chi connectivity index (χ3n) is 7.07. The van der Waals surface area contributed by atoms with Gasteiger partial charge >= 0.3 is 0 Å². The summed E-state index contributed by atoms with van der Waals surface area (Å²) in [4.78, 5) is 15.4. The first-order valence-electron chi connectivity index (χ1n) is 12.9. The Labute approximate surface area is 233 Å². The Morgan fingerprint density at radius 1 is 1.16 bits per heavy atom. The lowest BCUT2D eigenvalue weighted by molar-refractivity contribution is 0.0962. The molecule has 6 nitrogen and oxygen atoms in total. The molecule has 9 heteroatoms. The number of thioether (sulfide) groups is 2. The molecule has 0 aliphatic carbocycles. The number of benzene rings is 2. The first kappa shape index (κ1) is 28.6. The molecule has 0 saturated heterocycles. The average molecular weight is 561 g/mol. The van der Waals surface area contributed by atoms with Gasteiger partial charge in [0.05, 0.1) is 36.0 Å². The Morgan fingerprint density at radius 2 is 1.84 bits per heavy atom. The average Bonchev–Trinajstić information content (AvgIpc) is 3.19. The van der Waals surface area contributed by atoms with Gasteiger partial charge in [0.25, 0.3) is 0 Å². The second-order valence-corrected chi connectivity index (χ2v) is 12.9. The zero-order chi connectivity index (χ0) is 27.8. The van der Waals surface area contributed by atoms with Crippen molar-refractivity contribution in [3.05, 3.63) is 51.8 Å². The lowest BCUT2D eigenvalue weighted by Gasteiger charge is -2.39. The van der Waals surface area contributed by atoms with E-state index in [-0.39, 0.29) is 52.1 Å². The summed E-state index contributed by atoms with van der Waals surface area (Å²) in [6, 6.07) is 5.63. The number of carbonyl (C=O) groups excluding carboxylic acids is 1. The molecule has 0 amide bonds. The van der Waals surface area contributed by atoms with Gasteiger partial charge in [-0.1, -0.05) is 20.8 Å². The summed E-state index contributed by atoms with van der Waals surface area (Å²) < 4.78 is 32.6. The van der Waals surface area contributed by atoms with E-state index in [9.17, 15) is 4.79 Å². The van der Waals surface area contributed by atoms with Gasteiger partial charge in [-0.2, -0.15) is 0 Å². The van der Waals surface area contributed by atoms with Crippen molar-refractivity contribution >= 4 is 35.1 Å². The number of hydrogen-bond acceptors (Lipinski definition) is 7. The normalized spacial score (nSPS) is 16.1. The number of Topliss-reactive ketones (excluding diaryl/α,β-unsaturated/α-hetero) is 1. The Bertz CT molecular complexity index is 1250. The minimum atomic E-state index is -0.613. The van der Waals surface area contributed by atoms with Crippen molar-refractivity contribution in [2.75, 3.05) is 38.9 Å². The van der Waals surface area contributed by atoms with E-state index in [1.54, 1.807) is 41.4 Å². The molecule has 0 saturated carbocycles. The number of ether oxygens (including phenoxy) is 3. The first-order valence-corrected chi connectivity index (χ1v) is 15.4. The summed E-state index contributed by atoms with van der Waals surface area (Å²) in [5.41, 5.74) is 3.17. The maximum Gasteiger partial charge on any atom is 0.197 e. The van der Waals surface area contributed by atoms with Crippen LogP contribution in [0, 0.1) is 11.2 Å². The molecule has 0 atom stereocenters. The first-order chi connectivity index (χ1) is 18.0. The van der Waals surface area contributed by atoms with E-state index in [1.165, 1.54) is 0 Å². The van der Waals surface area contributed by atoms with Gasteiger partial charge < -0.3 is 19.1 Å². The second kappa shape index (κ2) is 11.0. The highest BCUT2D eigenvalue weighted by Crippen LogP contribution is 2.55. The fourth-order valence-corrected chi connectivity index (χ4v) is 7.12. The number of halogens is 1. The highest BCUT2D eigenvalue weighted by Gasteiger charge is 2.40. The van der Waals surface area contributed by atoms with Crippen LogP contribution in [-0.2, 0) is 16.0 Å². The Balaban J connectivity index is 1.70. The van der Waals surface area contributed by atoms with Gasteiger partial charge in [0.15, 0.2) is 23.1 Å². The molecule has 0 spiro atoms. The van der Waals surface area contributed by atoms with Crippen molar-refractivity contribution in [1.29, 1.82) is 5.41 Å². The van der Waals surface area contributed by atoms with Gasteiger partial charge in [0, 0.05) is 29.7 Å². The molecule has 2 heterocycles. The van der Waals surface area contributed by atoms with Crippen LogP contribution in [-0.4, -0.2) is 55.4 Å². The summed E-state index contributed by atoms with van der Waals surface area (Å²) in [5, 5.41) is 8.71. The van der Waals surface area contributed by atoms with E-state index in [1.807, 2.05) is 19.1 Å². The lowest BCUT2D eigenvalue weighted by Crippen LogP contribution is -2.32. The third kappa shape index (κ3) is 4.99. The Hall–Kier alpha value is -2.39. The zero-order valence-corrected chi connectivity index (χ0v) is 24.9. The van der Waals surface area contributed by atoms with Gasteiger partial charge in [-0.25, -0.2) is 4.39 Å². The number of ketones is 1. The van der Waals surface area contributed by atoms with Crippen LogP contribution in [0.15, 0.2) is 18.2 Å². The van der Waals surface area contributed by atoms with Crippen molar-refractivity contribution in [3.63, 3.8) is 0 Å². The van der Waals surface area contributed by atoms with Gasteiger partial charge in [-0.15, -0.1) is 23.5 Å². The van der Waals surface area contributed by atoms with Crippen molar-refractivity contribution in [3.8, 4) is 17.2 Å². The van der Waals surface area contributed by atoms with Crippen molar-refractivity contribution in [2.24, 2.45) is 0 Å². The number of fused-ring (bicyclic) bond motifs is 2. The Kier molecular flexibility index (Phi) is 8.28. The van der Waals surface area contributed by atoms with E-state index < -0.39 is 5.82 Å². The molecule has 0 unspecified atom stereocenters. The molecule has 206 valence electrons. The van der Waals surface area contributed by atoms with E-state index in [0.29, 0.717) is 30.1 Å². The molecular formula is C29H37FN2O4S2. The molecule has 38 heavy (non-hydrogen) atoms. The predicted molar refractivity (Wildman–Crippen MR) is 154 cm³/mol. The van der Waals surface area contributed by atoms with E-state index in [2.05, 4.69) is 33.3 Å². The van der Waals surface area contributed by atoms with Gasteiger partial charge in [-0.3, -0.25) is 10.2 Å². The maximum absolute atomic E-state index is 15.5. The summed E-state index contributed by atoms with van der Waals surface area (Å²) in [7, 11) is 0. The lowest BCUT2D eigenvalue weighted by atomic mass is 9.82. The highest BCUT2D eigenvalue weighted by molar-refractivity contribution is 8.16. The van der Waals surface area contributed by atoms with Crippen LogP contribution in [0.1, 0.15) is 73.7 Å². The molecule has 2 aromatic carbocycles.